The summed E-state index contributed by atoms with van der Waals surface area (Å²) in [5.41, 5.74) is 0. The van der Waals surface area contributed by atoms with Gasteiger partial charge >= 0.3 is 0 Å². The summed E-state index contributed by atoms with van der Waals surface area (Å²) < 4.78 is 0. The number of carbonyl (C=O) groups is 1. The minimum absolute atomic E-state index is 0.183. The van der Waals surface area contributed by atoms with Crippen molar-refractivity contribution >= 4 is 5.91 Å². The molecule has 4 atom stereocenters. The fourth-order valence-corrected chi connectivity index (χ4v) is 1.93. The second-order valence-corrected chi connectivity index (χ2v) is 3.90. The Balaban J connectivity index is 2.61. The van der Waals surface area contributed by atoms with E-state index in [1.807, 2.05) is 0 Å². The summed E-state index contributed by atoms with van der Waals surface area (Å²) in [6, 6.07) is -0.834. The van der Waals surface area contributed by atoms with Gasteiger partial charge < -0.3 is 20.6 Å². The van der Waals surface area contributed by atoms with Gasteiger partial charge in [0, 0.05) is 13.5 Å². The minimum atomic E-state index is -0.973. The quantitative estimate of drug-likeness (QED) is 0.421. The lowest BCUT2D eigenvalue weighted by atomic mass is 10.1. The highest BCUT2D eigenvalue weighted by Crippen LogP contribution is 2.22. The highest BCUT2D eigenvalue weighted by molar-refractivity contribution is 5.72. The molecule has 1 fully saturated rings. The lowest BCUT2D eigenvalue weighted by Gasteiger charge is -2.24. The maximum atomic E-state index is 10.7. The molecule has 4 unspecified atom stereocenters. The van der Waals surface area contributed by atoms with Gasteiger partial charge in [-0.2, -0.15) is 0 Å². The Bertz CT molecular complexity index is 236. The molecular weight excluding hydrogens is 200 g/mol. The Kier molecular flexibility index (Phi) is 4.04. The molecule has 88 valence electrons. The van der Waals surface area contributed by atoms with Crippen molar-refractivity contribution in [3.8, 4) is 0 Å². The zero-order valence-corrected chi connectivity index (χ0v) is 8.92. The number of nitrogens with zero attached hydrogens (tertiary/aromatic N) is 1. The van der Waals surface area contributed by atoms with E-state index in [0.717, 1.165) is 0 Å². The van der Waals surface area contributed by atoms with Gasteiger partial charge in [-0.05, 0) is 7.05 Å². The van der Waals surface area contributed by atoms with Crippen molar-refractivity contribution in [3.63, 3.8) is 0 Å². The summed E-state index contributed by atoms with van der Waals surface area (Å²) in [5.74, 6) is -0.183. The molecule has 0 radical (unpaired) electrons. The van der Waals surface area contributed by atoms with Crippen molar-refractivity contribution in [1.29, 1.82) is 0 Å². The van der Waals surface area contributed by atoms with E-state index in [-0.39, 0.29) is 25.1 Å². The summed E-state index contributed by atoms with van der Waals surface area (Å²) in [6.07, 6.45) is -1.92. The lowest BCUT2D eigenvalue weighted by Crippen LogP contribution is -2.44. The van der Waals surface area contributed by atoms with Crippen LogP contribution in [0.1, 0.15) is 6.92 Å². The highest BCUT2D eigenvalue weighted by Gasteiger charge is 2.45. The van der Waals surface area contributed by atoms with Crippen LogP contribution >= 0.6 is 0 Å². The molecule has 1 amide bonds. The van der Waals surface area contributed by atoms with Crippen molar-refractivity contribution < 1.29 is 20.1 Å². The molecule has 1 heterocycles. The van der Waals surface area contributed by atoms with E-state index in [0.29, 0.717) is 0 Å². The first-order valence-corrected chi connectivity index (χ1v) is 4.92. The molecule has 1 aliphatic rings. The molecular formula is C9H18N2O4. The SMILES string of the molecule is CC(=O)NCC1C(O)C(O)C(CO)N1C. The number of carbonyl (C=O) groups excluding carboxylic acids is 1. The number of amides is 1. The minimum Gasteiger partial charge on any atom is -0.395 e. The van der Waals surface area contributed by atoms with Crippen LogP contribution in [0.2, 0.25) is 0 Å². The zero-order chi connectivity index (χ0) is 11.6. The van der Waals surface area contributed by atoms with Gasteiger partial charge in [-0.3, -0.25) is 9.69 Å². The van der Waals surface area contributed by atoms with Crippen molar-refractivity contribution in [1.82, 2.24) is 10.2 Å². The molecule has 0 aromatic rings. The van der Waals surface area contributed by atoms with Gasteiger partial charge in [0.1, 0.15) is 0 Å². The number of aliphatic hydroxyl groups is 3. The molecule has 1 rings (SSSR count). The third kappa shape index (κ3) is 2.46. The van der Waals surface area contributed by atoms with Crippen LogP contribution in [-0.2, 0) is 4.79 Å². The molecule has 0 bridgehead atoms. The molecule has 0 aromatic carbocycles. The number of nitrogens with one attached hydrogen (secondary N) is 1. The van der Waals surface area contributed by atoms with E-state index in [2.05, 4.69) is 5.32 Å². The smallest absolute Gasteiger partial charge is 0.216 e. The fourth-order valence-electron chi connectivity index (χ4n) is 1.93. The number of rotatable bonds is 3. The predicted octanol–water partition coefficient (Wildman–Crippen LogP) is -2.48. The van der Waals surface area contributed by atoms with E-state index >= 15 is 0 Å². The Morgan fingerprint density at radius 3 is 2.27 bits per heavy atom. The molecule has 0 aromatic heterocycles. The number of aliphatic hydroxyl groups excluding tert-OH is 3. The van der Waals surface area contributed by atoms with Crippen LogP contribution in [0, 0.1) is 0 Å². The van der Waals surface area contributed by atoms with Gasteiger partial charge in [-0.15, -0.1) is 0 Å². The van der Waals surface area contributed by atoms with Crippen LogP contribution < -0.4 is 5.32 Å². The maximum Gasteiger partial charge on any atom is 0.216 e. The van der Waals surface area contributed by atoms with Crippen molar-refractivity contribution in [3.05, 3.63) is 0 Å². The van der Waals surface area contributed by atoms with Crippen LogP contribution in [-0.4, -0.2) is 70.6 Å². The fraction of sp³-hybridized carbons (Fsp3) is 0.889. The highest BCUT2D eigenvalue weighted by atomic mass is 16.3. The first kappa shape index (κ1) is 12.4. The number of hydrogen-bond acceptors (Lipinski definition) is 5. The van der Waals surface area contributed by atoms with E-state index < -0.39 is 18.2 Å². The third-order valence-electron chi connectivity index (χ3n) is 2.93. The van der Waals surface area contributed by atoms with Crippen molar-refractivity contribution in [2.45, 2.75) is 31.2 Å². The van der Waals surface area contributed by atoms with Crippen molar-refractivity contribution in [2.75, 3.05) is 20.2 Å². The largest absolute Gasteiger partial charge is 0.395 e. The molecule has 4 N–H and O–H groups in total. The topological polar surface area (TPSA) is 93.0 Å². The Morgan fingerprint density at radius 2 is 1.87 bits per heavy atom. The van der Waals surface area contributed by atoms with Crippen molar-refractivity contribution in [2.24, 2.45) is 0 Å². The summed E-state index contributed by atoms with van der Waals surface area (Å²) in [6.45, 7) is 1.44. The first-order valence-electron chi connectivity index (χ1n) is 4.92. The second kappa shape index (κ2) is 4.89. The summed E-state index contributed by atoms with van der Waals surface area (Å²) >= 11 is 0. The van der Waals surface area contributed by atoms with Gasteiger partial charge in [0.15, 0.2) is 0 Å². The van der Waals surface area contributed by atoms with Crippen LogP contribution in [0.25, 0.3) is 0 Å². The predicted molar refractivity (Wildman–Crippen MR) is 53.1 cm³/mol. The Labute approximate surface area is 88.5 Å². The second-order valence-electron chi connectivity index (χ2n) is 3.90. The van der Waals surface area contributed by atoms with Crippen LogP contribution in [0.5, 0.6) is 0 Å². The molecule has 1 aliphatic heterocycles. The molecule has 0 aliphatic carbocycles. The Hall–Kier alpha value is -0.690. The van der Waals surface area contributed by atoms with Crippen LogP contribution in [0.3, 0.4) is 0 Å². The summed E-state index contributed by atoms with van der Waals surface area (Å²) in [7, 11) is 1.70. The van der Waals surface area contributed by atoms with E-state index in [4.69, 9.17) is 5.11 Å². The van der Waals surface area contributed by atoms with Gasteiger partial charge in [0.05, 0.1) is 30.9 Å². The molecule has 6 heteroatoms. The van der Waals surface area contributed by atoms with Crippen LogP contribution in [0.4, 0.5) is 0 Å². The average Bonchev–Trinajstić information content (AvgIpc) is 2.36. The average molecular weight is 218 g/mol. The summed E-state index contributed by atoms with van der Waals surface area (Å²) in [5, 5.41) is 30.9. The van der Waals surface area contributed by atoms with Gasteiger partial charge in [0.2, 0.25) is 5.91 Å². The molecule has 0 spiro atoms. The molecule has 15 heavy (non-hydrogen) atoms. The molecule has 1 saturated heterocycles. The normalized spacial score (nSPS) is 36.9. The monoisotopic (exact) mass is 218 g/mol. The Morgan fingerprint density at radius 1 is 1.33 bits per heavy atom. The standard InChI is InChI=1S/C9H18N2O4/c1-5(13)10-3-6-8(14)9(15)7(4-12)11(6)2/h6-9,12,14-15H,3-4H2,1-2H3,(H,10,13). The van der Waals surface area contributed by atoms with E-state index in [9.17, 15) is 15.0 Å². The number of hydrogen-bond donors (Lipinski definition) is 4. The molecule has 6 nitrogen and oxygen atoms in total. The maximum absolute atomic E-state index is 10.7. The first-order chi connectivity index (χ1) is 6.99. The van der Waals surface area contributed by atoms with Gasteiger partial charge in [-0.1, -0.05) is 0 Å². The van der Waals surface area contributed by atoms with Gasteiger partial charge in [-0.25, -0.2) is 0 Å². The number of likely N-dealkylation sites (N-methyl/N-ethyl adjacent to an activating group) is 1. The van der Waals surface area contributed by atoms with E-state index in [1.165, 1.54) is 6.92 Å². The van der Waals surface area contributed by atoms with E-state index in [1.54, 1.807) is 11.9 Å². The zero-order valence-electron chi connectivity index (χ0n) is 8.92. The van der Waals surface area contributed by atoms with Gasteiger partial charge in [0.25, 0.3) is 0 Å². The van der Waals surface area contributed by atoms with Crippen LogP contribution in [0.15, 0.2) is 0 Å². The third-order valence-corrected chi connectivity index (χ3v) is 2.93. The number of likely N-dealkylation sites (tertiary alicyclic amines) is 1. The summed E-state index contributed by atoms with van der Waals surface area (Å²) in [4.78, 5) is 12.4. The molecule has 0 saturated carbocycles. The lowest BCUT2D eigenvalue weighted by molar-refractivity contribution is -0.119.